The molecule has 0 rings (SSSR count). The average Bonchev–Trinajstić information content (AvgIpc) is 1.89. The lowest BCUT2D eigenvalue weighted by molar-refractivity contribution is -0.136. The third-order valence-corrected chi connectivity index (χ3v) is 0.612. The number of rotatable bonds is 2. The minimum Gasteiger partial charge on any atom is -0.481 e. The van der Waals surface area contributed by atoms with Gasteiger partial charge in [-0.2, -0.15) is 0 Å². The van der Waals surface area contributed by atoms with Gasteiger partial charge in [0.15, 0.2) is 0 Å². The first-order valence-corrected chi connectivity index (χ1v) is 3.12. The average molecular weight is 160 g/mol. The second-order valence-electron chi connectivity index (χ2n) is 1.59. The summed E-state index contributed by atoms with van der Waals surface area (Å²) in [5.41, 5.74) is 0. The second kappa shape index (κ2) is 8.68. The minimum atomic E-state index is -0.891. The standard InChI is InChI=1S/C4H6O2.C3H6O2/c1-2-3-4(5)6;1-2-3(4)5/h2-3H,1H3,(H,5,6);2H2,1H3,(H,4,5)/b3-2+;. The van der Waals surface area contributed by atoms with Crippen LogP contribution in [0, 0.1) is 0 Å². The number of aliphatic carboxylic acids is 2. The van der Waals surface area contributed by atoms with Crippen LogP contribution in [0.1, 0.15) is 20.3 Å². The van der Waals surface area contributed by atoms with Gasteiger partial charge in [0, 0.05) is 12.5 Å². The minimum absolute atomic E-state index is 0.222. The van der Waals surface area contributed by atoms with Crippen molar-refractivity contribution in [2.45, 2.75) is 20.3 Å². The van der Waals surface area contributed by atoms with Crippen molar-refractivity contribution in [1.82, 2.24) is 0 Å². The topological polar surface area (TPSA) is 74.6 Å². The Bertz CT molecular complexity index is 149. The van der Waals surface area contributed by atoms with Crippen LogP contribution in [0.2, 0.25) is 0 Å². The Balaban J connectivity index is 0. The Morgan fingerprint density at radius 2 is 1.73 bits per heavy atom. The van der Waals surface area contributed by atoms with Crippen molar-refractivity contribution in [2.24, 2.45) is 0 Å². The Kier molecular flexibility index (Phi) is 9.76. The fraction of sp³-hybridized carbons (Fsp3) is 0.429. The maximum Gasteiger partial charge on any atom is 0.327 e. The second-order valence-corrected chi connectivity index (χ2v) is 1.59. The molecule has 0 radical (unpaired) electrons. The van der Waals surface area contributed by atoms with Gasteiger partial charge < -0.3 is 10.2 Å². The molecule has 0 aromatic rings. The van der Waals surface area contributed by atoms with Crippen LogP contribution in [0.5, 0.6) is 0 Å². The lowest BCUT2D eigenvalue weighted by Crippen LogP contribution is -1.86. The van der Waals surface area contributed by atoms with Crippen molar-refractivity contribution in [3.8, 4) is 0 Å². The molecular formula is C7H12O4. The van der Waals surface area contributed by atoms with Crippen LogP contribution in [0.4, 0.5) is 0 Å². The highest BCUT2D eigenvalue weighted by atomic mass is 16.4. The lowest BCUT2D eigenvalue weighted by atomic mass is 10.5. The van der Waals surface area contributed by atoms with E-state index >= 15 is 0 Å². The van der Waals surface area contributed by atoms with Gasteiger partial charge in [-0.15, -0.1) is 0 Å². The first kappa shape index (κ1) is 12.4. The van der Waals surface area contributed by atoms with Crippen molar-refractivity contribution in [1.29, 1.82) is 0 Å². The molecule has 0 amide bonds. The van der Waals surface area contributed by atoms with Crippen LogP contribution in [0.25, 0.3) is 0 Å². The molecule has 0 aliphatic heterocycles. The molecule has 0 saturated carbocycles. The van der Waals surface area contributed by atoms with Gasteiger partial charge in [-0.25, -0.2) is 4.79 Å². The normalized spacial score (nSPS) is 8.55. The smallest absolute Gasteiger partial charge is 0.327 e. The summed E-state index contributed by atoms with van der Waals surface area (Å²) in [7, 11) is 0. The zero-order valence-electron chi connectivity index (χ0n) is 6.57. The van der Waals surface area contributed by atoms with E-state index in [4.69, 9.17) is 10.2 Å². The summed E-state index contributed by atoms with van der Waals surface area (Å²) in [6.45, 7) is 3.26. The van der Waals surface area contributed by atoms with Gasteiger partial charge in [-0.05, 0) is 6.92 Å². The highest BCUT2D eigenvalue weighted by Crippen LogP contribution is 1.67. The Labute approximate surface area is 65.2 Å². The van der Waals surface area contributed by atoms with Crippen molar-refractivity contribution in [2.75, 3.05) is 0 Å². The van der Waals surface area contributed by atoms with E-state index in [1.165, 1.54) is 6.08 Å². The molecule has 0 bridgehead atoms. The molecule has 0 fully saturated rings. The quantitative estimate of drug-likeness (QED) is 0.594. The van der Waals surface area contributed by atoms with Gasteiger partial charge in [-0.3, -0.25) is 4.79 Å². The monoisotopic (exact) mass is 160 g/mol. The van der Waals surface area contributed by atoms with E-state index in [0.29, 0.717) is 0 Å². The van der Waals surface area contributed by atoms with Crippen molar-refractivity contribution < 1.29 is 19.8 Å². The van der Waals surface area contributed by atoms with Gasteiger partial charge in [0.25, 0.3) is 0 Å². The predicted molar refractivity (Wildman–Crippen MR) is 40.4 cm³/mol. The van der Waals surface area contributed by atoms with E-state index in [-0.39, 0.29) is 6.42 Å². The van der Waals surface area contributed by atoms with Gasteiger partial charge >= 0.3 is 11.9 Å². The number of hydrogen-bond acceptors (Lipinski definition) is 2. The molecule has 64 valence electrons. The van der Waals surface area contributed by atoms with Crippen molar-refractivity contribution >= 4 is 11.9 Å². The molecule has 0 spiro atoms. The largest absolute Gasteiger partial charge is 0.481 e. The summed E-state index contributed by atoms with van der Waals surface area (Å²) in [4.78, 5) is 18.9. The Morgan fingerprint density at radius 1 is 1.36 bits per heavy atom. The van der Waals surface area contributed by atoms with Crippen molar-refractivity contribution in [3.63, 3.8) is 0 Å². The van der Waals surface area contributed by atoms with Gasteiger partial charge in [0.05, 0.1) is 0 Å². The van der Waals surface area contributed by atoms with Crippen molar-refractivity contribution in [3.05, 3.63) is 12.2 Å². The maximum atomic E-state index is 9.51. The molecule has 0 atom stereocenters. The molecule has 0 unspecified atom stereocenters. The Morgan fingerprint density at radius 3 is 1.73 bits per heavy atom. The summed E-state index contributed by atoms with van der Waals surface area (Å²) in [5.74, 6) is -1.64. The summed E-state index contributed by atoms with van der Waals surface area (Å²) in [6, 6.07) is 0. The molecule has 11 heavy (non-hydrogen) atoms. The molecule has 0 saturated heterocycles. The molecular weight excluding hydrogens is 148 g/mol. The molecule has 0 heterocycles. The molecule has 0 aliphatic carbocycles. The predicted octanol–water partition coefficient (Wildman–Crippen LogP) is 1.13. The van der Waals surface area contributed by atoms with E-state index in [2.05, 4.69) is 0 Å². The Hall–Kier alpha value is -1.32. The summed E-state index contributed by atoms with van der Waals surface area (Å²) < 4.78 is 0. The van der Waals surface area contributed by atoms with Crippen LogP contribution < -0.4 is 0 Å². The molecule has 0 aromatic carbocycles. The van der Waals surface area contributed by atoms with Crippen LogP contribution >= 0.6 is 0 Å². The fourth-order valence-corrected chi connectivity index (χ4v) is 0.143. The fourth-order valence-electron chi connectivity index (χ4n) is 0.143. The molecule has 4 nitrogen and oxygen atoms in total. The van der Waals surface area contributed by atoms with Gasteiger partial charge in [0.1, 0.15) is 0 Å². The molecule has 0 aromatic heterocycles. The van der Waals surface area contributed by atoms with E-state index in [1.54, 1.807) is 13.8 Å². The van der Waals surface area contributed by atoms with Gasteiger partial charge in [0.2, 0.25) is 0 Å². The van der Waals surface area contributed by atoms with Gasteiger partial charge in [-0.1, -0.05) is 13.0 Å². The molecule has 4 heteroatoms. The summed E-state index contributed by atoms with van der Waals surface area (Å²) >= 11 is 0. The van der Waals surface area contributed by atoms with Crippen LogP contribution in [-0.2, 0) is 9.59 Å². The lowest BCUT2D eigenvalue weighted by Gasteiger charge is -1.71. The van der Waals surface area contributed by atoms with Crippen LogP contribution in [-0.4, -0.2) is 22.2 Å². The number of carboxylic acid groups (broad SMARTS) is 2. The number of carboxylic acids is 2. The molecule has 0 aliphatic rings. The number of hydrogen-bond donors (Lipinski definition) is 2. The van der Waals surface area contributed by atoms with E-state index in [9.17, 15) is 9.59 Å². The molecule has 2 N–H and O–H groups in total. The summed E-state index contributed by atoms with van der Waals surface area (Å²) in [6.07, 6.45) is 2.78. The number of allylic oxidation sites excluding steroid dienone is 1. The van der Waals surface area contributed by atoms with E-state index in [1.807, 2.05) is 0 Å². The first-order valence-electron chi connectivity index (χ1n) is 3.12. The maximum absolute atomic E-state index is 9.51. The van der Waals surface area contributed by atoms with E-state index < -0.39 is 11.9 Å². The zero-order valence-corrected chi connectivity index (χ0v) is 6.57. The number of carbonyl (C=O) groups is 2. The third kappa shape index (κ3) is 28.6. The van der Waals surface area contributed by atoms with Crippen LogP contribution in [0.15, 0.2) is 12.2 Å². The van der Waals surface area contributed by atoms with Crippen LogP contribution in [0.3, 0.4) is 0 Å². The highest BCUT2D eigenvalue weighted by molar-refractivity contribution is 5.79. The SMILES string of the molecule is C/C=C/C(=O)O.CCC(=O)O. The summed E-state index contributed by atoms with van der Waals surface area (Å²) in [5, 5.41) is 15.5. The third-order valence-electron chi connectivity index (χ3n) is 0.612. The highest BCUT2D eigenvalue weighted by Gasteiger charge is 1.80. The first-order chi connectivity index (χ1) is 5.04. The zero-order chi connectivity index (χ0) is 9.28. The van der Waals surface area contributed by atoms with E-state index in [0.717, 1.165) is 6.08 Å².